The van der Waals surface area contributed by atoms with Gasteiger partial charge in [-0.05, 0) is 57.1 Å². The number of rotatable bonds is 9. The van der Waals surface area contributed by atoms with Gasteiger partial charge in [-0.3, -0.25) is 0 Å². The predicted octanol–water partition coefficient (Wildman–Crippen LogP) is 3.77. The molecule has 1 aromatic carbocycles. The van der Waals surface area contributed by atoms with Crippen LogP contribution in [0.4, 0.5) is 0 Å². The first-order valence-electron chi connectivity index (χ1n) is 7.74. The molecular weight excluding hydrogens is 232 g/mol. The van der Waals surface area contributed by atoms with Crippen LogP contribution < -0.4 is 5.32 Å². The van der Waals surface area contributed by atoms with Gasteiger partial charge in [-0.15, -0.1) is 0 Å². The molecule has 0 saturated heterocycles. The maximum Gasteiger partial charge on any atom is 0.0335 e. The van der Waals surface area contributed by atoms with Gasteiger partial charge in [0.25, 0.3) is 0 Å². The lowest BCUT2D eigenvalue weighted by atomic mass is 9.98. The number of nitrogens with zero attached hydrogens (tertiary/aromatic N) is 1. The van der Waals surface area contributed by atoms with Crippen molar-refractivity contribution in [1.29, 1.82) is 0 Å². The summed E-state index contributed by atoms with van der Waals surface area (Å²) in [6.07, 6.45) is 2.38. The zero-order valence-electron chi connectivity index (χ0n) is 13.1. The zero-order chi connectivity index (χ0) is 14.1. The lowest BCUT2D eigenvalue weighted by Crippen LogP contribution is -2.30. The number of aryl methyl sites for hydroxylation is 1. The SMILES string of the molecule is CCCNC(CCN(CC)CC)c1ccccc1C. The summed E-state index contributed by atoms with van der Waals surface area (Å²) in [6.45, 7) is 13.5. The number of benzene rings is 1. The monoisotopic (exact) mass is 262 g/mol. The van der Waals surface area contributed by atoms with Crippen LogP contribution in [0.5, 0.6) is 0 Å². The van der Waals surface area contributed by atoms with E-state index in [0.29, 0.717) is 6.04 Å². The Kier molecular flexibility index (Phi) is 7.76. The van der Waals surface area contributed by atoms with E-state index in [9.17, 15) is 0 Å². The minimum Gasteiger partial charge on any atom is -0.310 e. The summed E-state index contributed by atoms with van der Waals surface area (Å²) in [5, 5.41) is 3.70. The molecule has 0 radical (unpaired) electrons. The van der Waals surface area contributed by atoms with E-state index >= 15 is 0 Å². The molecule has 2 heteroatoms. The van der Waals surface area contributed by atoms with Crippen LogP contribution in [0.15, 0.2) is 24.3 Å². The Morgan fingerprint density at radius 3 is 2.37 bits per heavy atom. The molecule has 19 heavy (non-hydrogen) atoms. The highest BCUT2D eigenvalue weighted by atomic mass is 15.1. The average molecular weight is 262 g/mol. The van der Waals surface area contributed by atoms with E-state index < -0.39 is 0 Å². The highest BCUT2D eigenvalue weighted by molar-refractivity contribution is 5.28. The van der Waals surface area contributed by atoms with Crippen molar-refractivity contribution in [3.63, 3.8) is 0 Å². The van der Waals surface area contributed by atoms with Crippen LogP contribution in [-0.2, 0) is 0 Å². The summed E-state index contributed by atoms with van der Waals surface area (Å²) in [7, 11) is 0. The Hall–Kier alpha value is -0.860. The lowest BCUT2D eigenvalue weighted by Gasteiger charge is -2.25. The van der Waals surface area contributed by atoms with Gasteiger partial charge in [-0.2, -0.15) is 0 Å². The summed E-state index contributed by atoms with van der Waals surface area (Å²) in [5.74, 6) is 0. The summed E-state index contributed by atoms with van der Waals surface area (Å²) in [5.41, 5.74) is 2.86. The molecule has 0 fully saturated rings. The van der Waals surface area contributed by atoms with Gasteiger partial charge in [-0.1, -0.05) is 45.0 Å². The van der Waals surface area contributed by atoms with Gasteiger partial charge in [-0.25, -0.2) is 0 Å². The molecule has 1 rings (SSSR count). The second kappa shape index (κ2) is 9.11. The van der Waals surface area contributed by atoms with Crippen molar-refractivity contribution in [3.8, 4) is 0 Å². The van der Waals surface area contributed by atoms with Crippen LogP contribution in [-0.4, -0.2) is 31.1 Å². The highest BCUT2D eigenvalue weighted by Crippen LogP contribution is 2.21. The van der Waals surface area contributed by atoms with Crippen LogP contribution in [0, 0.1) is 6.92 Å². The highest BCUT2D eigenvalue weighted by Gasteiger charge is 2.13. The molecule has 0 aliphatic rings. The van der Waals surface area contributed by atoms with E-state index in [0.717, 1.165) is 19.6 Å². The fourth-order valence-electron chi connectivity index (χ4n) is 2.52. The van der Waals surface area contributed by atoms with Crippen LogP contribution in [0.25, 0.3) is 0 Å². The first-order chi connectivity index (χ1) is 9.22. The van der Waals surface area contributed by atoms with Crippen molar-refractivity contribution >= 4 is 0 Å². The summed E-state index contributed by atoms with van der Waals surface area (Å²) < 4.78 is 0. The quantitative estimate of drug-likeness (QED) is 0.729. The Morgan fingerprint density at radius 1 is 1.11 bits per heavy atom. The van der Waals surface area contributed by atoms with E-state index in [1.807, 2.05) is 0 Å². The molecule has 2 nitrogen and oxygen atoms in total. The van der Waals surface area contributed by atoms with Gasteiger partial charge in [0.15, 0.2) is 0 Å². The molecule has 0 heterocycles. The van der Waals surface area contributed by atoms with Gasteiger partial charge in [0.2, 0.25) is 0 Å². The molecule has 0 amide bonds. The topological polar surface area (TPSA) is 15.3 Å². The number of hydrogen-bond acceptors (Lipinski definition) is 2. The molecule has 0 bridgehead atoms. The van der Waals surface area contributed by atoms with Gasteiger partial charge in [0, 0.05) is 6.04 Å². The Morgan fingerprint density at radius 2 is 1.79 bits per heavy atom. The number of nitrogens with one attached hydrogen (secondary N) is 1. The third-order valence-electron chi connectivity index (χ3n) is 3.83. The standard InChI is InChI=1S/C17H30N2/c1-5-13-18-17(12-14-19(6-2)7-3)16-11-9-8-10-15(16)4/h8-11,17-18H,5-7,12-14H2,1-4H3. The van der Waals surface area contributed by atoms with Gasteiger partial charge < -0.3 is 10.2 Å². The second-order valence-electron chi connectivity index (χ2n) is 5.18. The molecule has 1 aromatic rings. The zero-order valence-corrected chi connectivity index (χ0v) is 13.1. The third kappa shape index (κ3) is 5.33. The molecule has 108 valence electrons. The van der Waals surface area contributed by atoms with E-state index in [1.165, 1.54) is 30.5 Å². The van der Waals surface area contributed by atoms with Crippen LogP contribution >= 0.6 is 0 Å². The van der Waals surface area contributed by atoms with Crippen molar-refractivity contribution in [2.24, 2.45) is 0 Å². The van der Waals surface area contributed by atoms with Crippen molar-refractivity contribution in [3.05, 3.63) is 35.4 Å². The smallest absolute Gasteiger partial charge is 0.0335 e. The second-order valence-corrected chi connectivity index (χ2v) is 5.18. The summed E-state index contributed by atoms with van der Waals surface area (Å²) >= 11 is 0. The van der Waals surface area contributed by atoms with Crippen LogP contribution in [0.2, 0.25) is 0 Å². The van der Waals surface area contributed by atoms with E-state index in [1.54, 1.807) is 0 Å². The maximum atomic E-state index is 3.70. The Balaban J connectivity index is 2.69. The molecule has 0 aromatic heterocycles. The van der Waals surface area contributed by atoms with Crippen molar-refractivity contribution in [2.45, 2.75) is 46.6 Å². The first kappa shape index (κ1) is 16.2. The van der Waals surface area contributed by atoms with E-state index in [2.05, 4.69) is 62.2 Å². The summed E-state index contributed by atoms with van der Waals surface area (Å²) in [6, 6.07) is 9.25. The van der Waals surface area contributed by atoms with Crippen LogP contribution in [0.1, 0.15) is 50.8 Å². The number of hydrogen-bond donors (Lipinski definition) is 1. The largest absolute Gasteiger partial charge is 0.310 e. The van der Waals surface area contributed by atoms with Gasteiger partial charge in [0.1, 0.15) is 0 Å². The van der Waals surface area contributed by atoms with Crippen molar-refractivity contribution in [2.75, 3.05) is 26.2 Å². The Labute approximate surface area is 119 Å². The predicted molar refractivity (Wildman–Crippen MR) is 84.6 cm³/mol. The van der Waals surface area contributed by atoms with Crippen LogP contribution in [0.3, 0.4) is 0 Å². The third-order valence-corrected chi connectivity index (χ3v) is 3.83. The summed E-state index contributed by atoms with van der Waals surface area (Å²) in [4.78, 5) is 2.50. The average Bonchev–Trinajstić information content (AvgIpc) is 2.44. The molecule has 1 N–H and O–H groups in total. The normalized spacial score (nSPS) is 12.9. The van der Waals surface area contributed by atoms with Gasteiger partial charge in [0.05, 0.1) is 0 Å². The first-order valence-corrected chi connectivity index (χ1v) is 7.74. The molecule has 1 unspecified atom stereocenters. The molecular formula is C17H30N2. The van der Waals surface area contributed by atoms with E-state index in [4.69, 9.17) is 0 Å². The fraction of sp³-hybridized carbons (Fsp3) is 0.647. The molecule has 0 spiro atoms. The molecule has 0 aliphatic heterocycles. The fourth-order valence-corrected chi connectivity index (χ4v) is 2.52. The van der Waals surface area contributed by atoms with E-state index in [-0.39, 0.29) is 0 Å². The lowest BCUT2D eigenvalue weighted by molar-refractivity contribution is 0.281. The maximum absolute atomic E-state index is 3.70. The van der Waals surface area contributed by atoms with Gasteiger partial charge >= 0.3 is 0 Å². The minimum atomic E-state index is 0.488. The van der Waals surface area contributed by atoms with Crippen molar-refractivity contribution in [1.82, 2.24) is 10.2 Å². The molecule has 1 atom stereocenters. The molecule has 0 aliphatic carbocycles. The minimum absolute atomic E-state index is 0.488. The molecule has 0 saturated carbocycles. The Bertz CT molecular complexity index is 345. The van der Waals surface area contributed by atoms with Crippen molar-refractivity contribution < 1.29 is 0 Å².